The first-order valence-electron chi connectivity index (χ1n) is 15.7. The fourth-order valence-electron chi connectivity index (χ4n) is 6.62. The minimum atomic E-state index is -1.13. The number of aromatic nitrogens is 4. The SMILES string of the molecule is Cc1nn(COCC[Si](C)(C)C)c(C)c1-c1ccc(NC(=O)[C@H]2NC(c3ccnn3CC(C)O)=C3CC3C2C2CC2)cc1. The third-order valence-electron chi connectivity index (χ3n) is 9.09. The van der Waals surface area contributed by atoms with E-state index in [4.69, 9.17) is 9.84 Å². The number of allylic oxidation sites excluding steroid dienone is 1. The molecule has 0 spiro atoms. The Kier molecular flexibility index (Phi) is 8.12. The van der Waals surface area contributed by atoms with Gasteiger partial charge in [0.1, 0.15) is 12.8 Å². The average Bonchev–Trinajstić information content (AvgIpc) is 3.86. The molecule has 3 aromatic rings. The highest BCUT2D eigenvalue weighted by Gasteiger charge is 2.55. The van der Waals surface area contributed by atoms with Crippen molar-refractivity contribution in [1.82, 2.24) is 24.9 Å². The van der Waals surface area contributed by atoms with E-state index in [0.717, 1.165) is 58.7 Å². The van der Waals surface area contributed by atoms with E-state index in [-0.39, 0.29) is 11.9 Å². The normalized spacial score (nSPS) is 22.3. The molecule has 230 valence electrons. The number of hydrogen-bond donors (Lipinski definition) is 3. The Bertz CT molecular complexity index is 1510. The Morgan fingerprint density at radius 2 is 1.91 bits per heavy atom. The number of carbonyl (C=O) groups is 1. The van der Waals surface area contributed by atoms with Crippen LogP contribution in [0.25, 0.3) is 16.8 Å². The number of aliphatic hydroxyl groups excluding tert-OH is 1. The third-order valence-corrected chi connectivity index (χ3v) is 10.8. The van der Waals surface area contributed by atoms with Crippen LogP contribution in [0.2, 0.25) is 25.7 Å². The number of aryl methyl sites for hydroxylation is 1. The molecule has 3 aliphatic rings. The van der Waals surface area contributed by atoms with Crippen molar-refractivity contribution in [2.45, 2.75) is 91.1 Å². The van der Waals surface area contributed by atoms with Gasteiger partial charge in [0, 0.05) is 37.8 Å². The lowest BCUT2D eigenvalue weighted by Crippen LogP contribution is -2.48. The fourth-order valence-corrected chi connectivity index (χ4v) is 7.38. The van der Waals surface area contributed by atoms with E-state index >= 15 is 0 Å². The first kappa shape index (κ1) is 29.8. The maximum absolute atomic E-state index is 13.8. The largest absolute Gasteiger partial charge is 0.391 e. The molecule has 2 aromatic heterocycles. The number of ether oxygens (including phenoxy) is 1. The van der Waals surface area contributed by atoms with Crippen molar-refractivity contribution in [1.29, 1.82) is 0 Å². The number of aliphatic hydroxyl groups is 1. The Morgan fingerprint density at radius 3 is 2.58 bits per heavy atom. The summed E-state index contributed by atoms with van der Waals surface area (Å²) in [4.78, 5) is 13.8. The van der Waals surface area contributed by atoms with Crippen molar-refractivity contribution in [2.75, 3.05) is 11.9 Å². The molecular formula is C33H46N6O3Si. The van der Waals surface area contributed by atoms with Gasteiger partial charge in [-0.1, -0.05) is 31.8 Å². The number of amides is 1. The predicted octanol–water partition coefficient (Wildman–Crippen LogP) is 5.42. The molecule has 1 amide bonds. The van der Waals surface area contributed by atoms with Crippen LogP contribution in [0.1, 0.15) is 43.3 Å². The molecule has 0 radical (unpaired) electrons. The highest BCUT2D eigenvalue weighted by molar-refractivity contribution is 6.76. The molecule has 9 nitrogen and oxygen atoms in total. The molecule has 3 heterocycles. The first-order valence-corrected chi connectivity index (χ1v) is 19.4. The van der Waals surface area contributed by atoms with Gasteiger partial charge in [-0.05, 0) is 93.2 Å². The van der Waals surface area contributed by atoms with Gasteiger partial charge >= 0.3 is 0 Å². The molecule has 2 saturated carbocycles. The van der Waals surface area contributed by atoms with E-state index in [0.29, 0.717) is 31.0 Å². The predicted molar refractivity (Wildman–Crippen MR) is 172 cm³/mol. The van der Waals surface area contributed by atoms with Crippen molar-refractivity contribution < 1.29 is 14.6 Å². The molecule has 10 heteroatoms. The van der Waals surface area contributed by atoms with Crippen LogP contribution in [-0.4, -0.2) is 57.4 Å². The minimum absolute atomic E-state index is 0.00494. The van der Waals surface area contributed by atoms with Crippen LogP contribution in [0, 0.1) is 31.6 Å². The van der Waals surface area contributed by atoms with Gasteiger partial charge in [0.25, 0.3) is 0 Å². The van der Waals surface area contributed by atoms with Gasteiger partial charge in [0.15, 0.2) is 0 Å². The number of benzene rings is 1. The highest BCUT2D eigenvalue weighted by Crippen LogP contribution is 2.58. The molecule has 1 aliphatic heterocycles. The number of nitrogens with one attached hydrogen (secondary N) is 2. The second-order valence-electron chi connectivity index (χ2n) is 14.0. The molecule has 43 heavy (non-hydrogen) atoms. The standard InChI is InChI=1S/C33H46N6O3Si/c1-20(40)18-38-28(13-14-34-38)31-27-17-26(27)30(24-7-8-24)32(36-31)33(41)35-25-11-9-23(10-12-25)29-21(2)37-39(22(29)3)19-42-15-16-43(4,5)6/h9-14,20,24,26,30,32,36,40H,7-8,15-19H2,1-6H3,(H,35,41)/t20?,26?,30?,32-/m0/s1. The van der Waals surface area contributed by atoms with E-state index < -0.39 is 14.2 Å². The van der Waals surface area contributed by atoms with Crippen LogP contribution in [0.15, 0.2) is 42.1 Å². The van der Waals surface area contributed by atoms with E-state index in [2.05, 4.69) is 54.4 Å². The number of fused-ring (bicyclic) bond motifs is 1. The van der Waals surface area contributed by atoms with Crippen molar-refractivity contribution >= 4 is 25.4 Å². The molecule has 2 fully saturated rings. The van der Waals surface area contributed by atoms with Crippen LogP contribution in [0.5, 0.6) is 0 Å². The van der Waals surface area contributed by atoms with E-state index in [1.54, 1.807) is 13.1 Å². The smallest absolute Gasteiger partial charge is 0.247 e. The van der Waals surface area contributed by atoms with Gasteiger partial charge in [-0.15, -0.1) is 0 Å². The lowest BCUT2D eigenvalue weighted by atomic mass is 9.85. The fraction of sp³-hybridized carbons (Fsp3) is 0.545. The van der Waals surface area contributed by atoms with Crippen molar-refractivity contribution in [3.05, 3.63) is 59.2 Å². The van der Waals surface area contributed by atoms with Crippen LogP contribution >= 0.6 is 0 Å². The van der Waals surface area contributed by atoms with Gasteiger partial charge in [-0.2, -0.15) is 10.2 Å². The summed E-state index contributed by atoms with van der Waals surface area (Å²) in [5.74, 6) is 1.36. The van der Waals surface area contributed by atoms with Gasteiger partial charge < -0.3 is 20.5 Å². The molecule has 4 atom stereocenters. The molecule has 0 bridgehead atoms. The molecule has 0 saturated heterocycles. The monoisotopic (exact) mass is 602 g/mol. The Hall–Kier alpha value is -3.21. The maximum atomic E-state index is 13.8. The van der Waals surface area contributed by atoms with E-state index in [1.165, 1.54) is 18.4 Å². The summed E-state index contributed by atoms with van der Waals surface area (Å²) in [5.41, 5.74) is 8.38. The minimum Gasteiger partial charge on any atom is -0.391 e. The number of anilines is 1. The summed E-state index contributed by atoms with van der Waals surface area (Å²) in [6.07, 6.45) is 4.68. The summed E-state index contributed by atoms with van der Waals surface area (Å²) < 4.78 is 9.74. The zero-order chi connectivity index (χ0) is 30.5. The lowest BCUT2D eigenvalue weighted by Gasteiger charge is -2.32. The van der Waals surface area contributed by atoms with Gasteiger partial charge in [0.05, 0.1) is 29.7 Å². The average molecular weight is 603 g/mol. The molecule has 1 aromatic carbocycles. The van der Waals surface area contributed by atoms with Crippen molar-refractivity contribution in [2.24, 2.45) is 17.8 Å². The number of hydrogen-bond acceptors (Lipinski definition) is 6. The summed E-state index contributed by atoms with van der Waals surface area (Å²) in [7, 11) is -1.13. The van der Waals surface area contributed by atoms with Crippen LogP contribution in [0.3, 0.4) is 0 Å². The Morgan fingerprint density at radius 1 is 1.16 bits per heavy atom. The van der Waals surface area contributed by atoms with Crippen molar-refractivity contribution in [3.8, 4) is 11.1 Å². The van der Waals surface area contributed by atoms with E-state index in [9.17, 15) is 9.90 Å². The quantitative estimate of drug-likeness (QED) is 0.189. The first-order chi connectivity index (χ1) is 20.5. The third kappa shape index (κ3) is 6.51. The van der Waals surface area contributed by atoms with E-state index in [1.807, 2.05) is 34.5 Å². The number of carbonyl (C=O) groups excluding carboxylic acids is 1. The van der Waals surface area contributed by atoms with Gasteiger partial charge in [-0.3, -0.25) is 9.48 Å². The highest BCUT2D eigenvalue weighted by atomic mass is 28.3. The van der Waals surface area contributed by atoms with Crippen LogP contribution < -0.4 is 10.6 Å². The van der Waals surface area contributed by atoms with Gasteiger partial charge in [-0.25, -0.2) is 4.68 Å². The van der Waals surface area contributed by atoms with Gasteiger partial charge in [0.2, 0.25) is 5.91 Å². The number of nitrogens with zero attached hydrogens (tertiary/aromatic N) is 4. The van der Waals surface area contributed by atoms with Crippen molar-refractivity contribution in [3.63, 3.8) is 0 Å². The zero-order valence-corrected chi connectivity index (χ0v) is 27.4. The summed E-state index contributed by atoms with van der Waals surface area (Å²) >= 11 is 0. The summed E-state index contributed by atoms with van der Waals surface area (Å²) in [6, 6.07) is 10.9. The maximum Gasteiger partial charge on any atom is 0.247 e. The molecular weight excluding hydrogens is 556 g/mol. The lowest BCUT2D eigenvalue weighted by molar-refractivity contribution is -0.119. The second kappa shape index (κ2) is 11.7. The Balaban J connectivity index is 1.14. The molecule has 6 rings (SSSR count). The number of rotatable bonds is 12. The molecule has 2 aliphatic carbocycles. The van der Waals surface area contributed by atoms with Crippen LogP contribution in [-0.2, 0) is 22.8 Å². The zero-order valence-electron chi connectivity index (χ0n) is 26.4. The van der Waals surface area contributed by atoms with Crippen LogP contribution in [0.4, 0.5) is 5.69 Å². The molecule has 3 N–H and O–H groups in total. The topological polar surface area (TPSA) is 106 Å². The Labute approximate surface area is 255 Å². The molecule has 3 unspecified atom stereocenters. The summed E-state index contributed by atoms with van der Waals surface area (Å²) in [6.45, 7) is 14.6. The summed E-state index contributed by atoms with van der Waals surface area (Å²) in [5, 5.41) is 26.0. The second-order valence-corrected chi connectivity index (χ2v) is 19.6.